The minimum atomic E-state index is -0.338. The van der Waals surface area contributed by atoms with Crippen LogP contribution in [0.5, 0.6) is 0 Å². The Morgan fingerprint density at radius 3 is 1.91 bits per heavy atom. The van der Waals surface area contributed by atoms with Crippen LogP contribution in [0.1, 0.15) is 76.4 Å². The van der Waals surface area contributed by atoms with Gasteiger partial charge in [-0.3, -0.25) is 9.59 Å². The molecule has 8 heteroatoms. The van der Waals surface area contributed by atoms with E-state index < -0.39 is 0 Å². The molecule has 3 aromatic rings. The Kier molecular flexibility index (Phi) is 7.60. The molecule has 2 atom stereocenters. The van der Waals surface area contributed by atoms with Crippen molar-refractivity contribution in [3.05, 3.63) is 94.3 Å². The Hall–Kier alpha value is -3.52. The summed E-state index contributed by atoms with van der Waals surface area (Å²) in [7, 11) is 0. The maximum atomic E-state index is 13.3. The highest BCUT2D eigenvalue weighted by Gasteiger charge is 2.28. The van der Waals surface area contributed by atoms with Crippen molar-refractivity contribution in [2.24, 2.45) is 0 Å². The Morgan fingerprint density at radius 1 is 0.886 bits per heavy atom. The van der Waals surface area contributed by atoms with E-state index in [0.717, 1.165) is 11.1 Å². The first-order valence-corrected chi connectivity index (χ1v) is 11.8. The maximum Gasteiger partial charge on any atom is 0.268 e. The van der Waals surface area contributed by atoms with E-state index in [9.17, 15) is 18.4 Å². The van der Waals surface area contributed by atoms with Crippen LogP contribution in [0, 0.1) is 11.6 Å². The van der Waals surface area contributed by atoms with E-state index in [2.05, 4.69) is 10.6 Å². The van der Waals surface area contributed by atoms with E-state index in [4.69, 9.17) is 4.74 Å². The molecule has 0 unspecified atom stereocenters. The normalized spacial score (nSPS) is 14.6. The highest BCUT2D eigenvalue weighted by Crippen LogP contribution is 2.25. The van der Waals surface area contributed by atoms with Crippen LogP contribution in [-0.2, 0) is 17.9 Å². The fourth-order valence-corrected chi connectivity index (χ4v) is 4.41. The lowest BCUT2D eigenvalue weighted by Crippen LogP contribution is -2.31. The molecule has 0 bridgehead atoms. The second kappa shape index (κ2) is 10.8. The fraction of sp³-hybridized carbons (Fsp3) is 0.333. The molecule has 4 rings (SSSR count). The van der Waals surface area contributed by atoms with Crippen molar-refractivity contribution in [2.75, 3.05) is 6.61 Å². The summed E-state index contributed by atoms with van der Waals surface area (Å²) in [6, 6.07) is 13.1. The molecule has 0 spiro atoms. The van der Waals surface area contributed by atoms with Crippen LogP contribution in [0.25, 0.3) is 0 Å². The molecule has 2 N–H and O–H groups in total. The standard InChI is InChI=1S/C27H29F2N3O3/c1-3-22(17-5-9-19(28)10-6-17)30-26(33)21-15-24(32-13-14-35-16-25(21)32)27(34)31-23(4-2)18-7-11-20(29)12-8-18/h5-12,15,22-23H,3-4,13-14,16H2,1-2H3,(H,30,33)(H,31,34)/t22-,23-/m1/s1. The van der Waals surface area contributed by atoms with E-state index in [1.807, 2.05) is 18.4 Å². The number of hydrogen-bond donors (Lipinski definition) is 2. The van der Waals surface area contributed by atoms with Gasteiger partial charge in [-0.25, -0.2) is 8.78 Å². The molecule has 35 heavy (non-hydrogen) atoms. The first-order chi connectivity index (χ1) is 16.9. The molecule has 1 aliphatic rings. The lowest BCUT2D eigenvalue weighted by Gasteiger charge is -2.22. The number of ether oxygens (including phenoxy) is 1. The van der Waals surface area contributed by atoms with Gasteiger partial charge in [-0.1, -0.05) is 38.1 Å². The summed E-state index contributed by atoms with van der Waals surface area (Å²) in [4.78, 5) is 26.6. The van der Waals surface area contributed by atoms with Gasteiger partial charge in [-0.15, -0.1) is 0 Å². The Labute approximate surface area is 203 Å². The third-order valence-electron chi connectivity index (χ3n) is 6.36. The van der Waals surface area contributed by atoms with Crippen molar-refractivity contribution in [1.29, 1.82) is 0 Å². The van der Waals surface area contributed by atoms with Gasteiger partial charge in [0, 0.05) is 6.54 Å². The number of fused-ring (bicyclic) bond motifs is 1. The number of aromatic nitrogens is 1. The summed E-state index contributed by atoms with van der Waals surface area (Å²) in [5.74, 6) is -1.30. The number of amides is 2. The second-order valence-electron chi connectivity index (χ2n) is 8.57. The molecule has 2 amide bonds. The van der Waals surface area contributed by atoms with Gasteiger partial charge in [0.2, 0.25) is 0 Å². The number of hydrogen-bond acceptors (Lipinski definition) is 3. The van der Waals surface area contributed by atoms with Gasteiger partial charge >= 0.3 is 0 Å². The average molecular weight is 482 g/mol. The van der Waals surface area contributed by atoms with Crippen molar-refractivity contribution >= 4 is 11.8 Å². The lowest BCUT2D eigenvalue weighted by molar-refractivity contribution is 0.0773. The third kappa shape index (κ3) is 5.43. The molecule has 1 aliphatic heterocycles. The molecular weight excluding hydrogens is 452 g/mol. The minimum absolute atomic E-state index is 0.221. The topological polar surface area (TPSA) is 72.4 Å². The molecule has 1 aromatic heterocycles. The van der Waals surface area contributed by atoms with E-state index in [-0.39, 0.29) is 42.1 Å². The molecule has 0 radical (unpaired) electrons. The molecule has 0 saturated heterocycles. The van der Waals surface area contributed by atoms with Crippen LogP contribution in [0.4, 0.5) is 8.78 Å². The van der Waals surface area contributed by atoms with Gasteiger partial charge in [-0.05, 0) is 54.3 Å². The molecule has 0 fully saturated rings. The summed E-state index contributed by atoms with van der Waals surface area (Å²) in [6.07, 6.45) is 1.24. The smallest absolute Gasteiger partial charge is 0.268 e. The van der Waals surface area contributed by atoms with Gasteiger partial charge in [-0.2, -0.15) is 0 Å². The number of rotatable bonds is 8. The van der Waals surface area contributed by atoms with Crippen LogP contribution in [0.15, 0.2) is 54.6 Å². The average Bonchev–Trinajstić information content (AvgIpc) is 3.27. The number of nitrogens with one attached hydrogen (secondary N) is 2. The van der Waals surface area contributed by atoms with E-state index in [1.54, 1.807) is 30.3 Å². The molecule has 2 heterocycles. The second-order valence-corrected chi connectivity index (χ2v) is 8.57. The van der Waals surface area contributed by atoms with Crippen molar-refractivity contribution in [2.45, 2.75) is 51.9 Å². The zero-order valence-corrected chi connectivity index (χ0v) is 19.8. The maximum absolute atomic E-state index is 13.3. The number of benzene rings is 2. The number of nitrogens with zero attached hydrogens (tertiary/aromatic N) is 1. The van der Waals surface area contributed by atoms with Crippen LogP contribution in [0.3, 0.4) is 0 Å². The first kappa shape index (κ1) is 24.6. The van der Waals surface area contributed by atoms with Gasteiger partial charge in [0.25, 0.3) is 11.8 Å². The first-order valence-electron chi connectivity index (χ1n) is 11.8. The Morgan fingerprint density at radius 2 is 1.40 bits per heavy atom. The number of carbonyl (C=O) groups is 2. The summed E-state index contributed by atoms with van der Waals surface area (Å²) >= 11 is 0. The summed E-state index contributed by atoms with van der Waals surface area (Å²) < 4.78 is 34.1. The van der Waals surface area contributed by atoms with Gasteiger partial charge in [0.15, 0.2) is 0 Å². The van der Waals surface area contributed by atoms with Crippen molar-refractivity contribution < 1.29 is 23.1 Å². The highest BCUT2D eigenvalue weighted by atomic mass is 19.1. The van der Waals surface area contributed by atoms with Crippen molar-refractivity contribution in [3.63, 3.8) is 0 Å². The largest absolute Gasteiger partial charge is 0.373 e. The zero-order valence-electron chi connectivity index (χ0n) is 19.8. The summed E-state index contributed by atoms with van der Waals surface area (Å²) in [6.45, 7) is 4.98. The zero-order chi connectivity index (χ0) is 24.9. The van der Waals surface area contributed by atoms with E-state index in [1.165, 1.54) is 24.3 Å². The minimum Gasteiger partial charge on any atom is -0.373 e. The molecule has 2 aromatic carbocycles. The van der Waals surface area contributed by atoms with Gasteiger partial charge < -0.3 is 19.9 Å². The molecule has 184 valence electrons. The summed E-state index contributed by atoms with van der Waals surface area (Å²) in [5.41, 5.74) is 3.01. The quantitative estimate of drug-likeness (QED) is 0.473. The number of carbonyl (C=O) groups excluding carboxylic acids is 2. The molecule has 6 nitrogen and oxygen atoms in total. The number of halogens is 2. The Balaban J connectivity index is 1.58. The molecule has 0 saturated carbocycles. The predicted molar refractivity (Wildman–Crippen MR) is 128 cm³/mol. The van der Waals surface area contributed by atoms with Crippen LogP contribution in [-0.4, -0.2) is 23.0 Å². The van der Waals surface area contributed by atoms with Gasteiger partial charge in [0.05, 0.1) is 36.6 Å². The Bertz CT molecular complexity index is 1100. The van der Waals surface area contributed by atoms with E-state index >= 15 is 0 Å². The van der Waals surface area contributed by atoms with Gasteiger partial charge in [0.1, 0.15) is 17.3 Å². The van der Waals surface area contributed by atoms with Crippen LogP contribution < -0.4 is 10.6 Å². The highest BCUT2D eigenvalue weighted by molar-refractivity contribution is 6.01. The van der Waals surface area contributed by atoms with Crippen LogP contribution >= 0.6 is 0 Å². The van der Waals surface area contributed by atoms with Crippen molar-refractivity contribution in [3.8, 4) is 0 Å². The lowest BCUT2D eigenvalue weighted by atomic mass is 10.0. The fourth-order valence-electron chi connectivity index (χ4n) is 4.41. The monoisotopic (exact) mass is 481 g/mol. The SMILES string of the molecule is CC[C@@H](NC(=O)c1cc(C(=O)N[C@H](CC)c2ccc(F)cc2)n2c1COCC2)c1ccc(F)cc1. The summed E-state index contributed by atoms with van der Waals surface area (Å²) in [5, 5.41) is 6.02. The molecule has 0 aliphatic carbocycles. The predicted octanol–water partition coefficient (Wildman–Crippen LogP) is 5.06. The van der Waals surface area contributed by atoms with E-state index in [0.29, 0.717) is 42.9 Å². The van der Waals surface area contributed by atoms with Crippen LogP contribution in [0.2, 0.25) is 0 Å². The third-order valence-corrected chi connectivity index (χ3v) is 6.36. The molecular formula is C27H29F2N3O3. The van der Waals surface area contributed by atoms with Crippen molar-refractivity contribution in [1.82, 2.24) is 15.2 Å².